The Morgan fingerprint density at radius 1 is 1.06 bits per heavy atom. The van der Waals surface area contributed by atoms with Gasteiger partial charge < -0.3 is 22.9 Å². The Hall–Kier alpha value is -1.85. The molecule has 0 fully saturated rings. The molecule has 1 aromatic carbocycles. The highest BCUT2D eigenvalue weighted by Crippen LogP contribution is 2.35. The molecule has 0 spiro atoms. The molecule has 2 atom stereocenters. The predicted octanol–water partition coefficient (Wildman–Crippen LogP) is 0.626. The molecular formula is C13H17FN4. The predicted molar refractivity (Wildman–Crippen MR) is 69.4 cm³/mol. The van der Waals surface area contributed by atoms with Gasteiger partial charge >= 0.3 is 0 Å². The molecule has 0 radical (unpaired) electrons. The molecule has 4 nitrogen and oxygen atoms in total. The number of benzene rings is 1. The maximum absolute atomic E-state index is 14.5. The molecule has 96 valence electrons. The van der Waals surface area contributed by atoms with Crippen molar-refractivity contribution in [2.45, 2.75) is 11.8 Å². The summed E-state index contributed by atoms with van der Waals surface area (Å²) < 4.78 is 14.5. The van der Waals surface area contributed by atoms with Crippen LogP contribution in [0.2, 0.25) is 0 Å². The third-order valence-electron chi connectivity index (χ3n) is 3.11. The van der Waals surface area contributed by atoms with E-state index in [4.69, 9.17) is 22.9 Å². The Bertz CT molecular complexity index is 493. The third kappa shape index (κ3) is 2.23. The highest BCUT2D eigenvalue weighted by atomic mass is 19.1. The van der Waals surface area contributed by atoms with Gasteiger partial charge in [-0.25, -0.2) is 4.39 Å². The lowest BCUT2D eigenvalue weighted by atomic mass is 9.81. The summed E-state index contributed by atoms with van der Waals surface area (Å²) in [6.07, 6.45) is 1.57. The fourth-order valence-corrected chi connectivity index (χ4v) is 2.07. The van der Waals surface area contributed by atoms with Crippen LogP contribution in [0.25, 0.3) is 0 Å². The second kappa shape index (κ2) is 4.44. The van der Waals surface area contributed by atoms with Crippen LogP contribution in [-0.4, -0.2) is 5.66 Å². The number of alkyl halides is 1. The molecule has 1 aromatic rings. The molecule has 0 aromatic heterocycles. The van der Waals surface area contributed by atoms with Gasteiger partial charge in [0.1, 0.15) is 6.17 Å². The highest BCUT2D eigenvalue weighted by Gasteiger charge is 2.38. The third-order valence-corrected chi connectivity index (χ3v) is 3.11. The van der Waals surface area contributed by atoms with Crippen molar-refractivity contribution in [1.29, 1.82) is 0 Å². The monoisotopic (exact) mass is 248 g/mol. The lowest BCUT2D eigenvalue weighted by Crippen LogP contribution is -2.56. The van der Waals surface area contributed by atoms with E-state index in [-0.39, 0.29) is 5.70 Å². The zero-order chi connectivity index (χ0) is 13.3. The zero-order valence-corrected chi connectivity index (χ0v) is 9.88. The van der Waals surface area contributed by atoms with Gasteiger partial charge in [-0.15, -0.1) is 0 Å². The van der Waals surface area contributed by atoms with Crippen molar-refractivity contribution in [3.63, 3.8) is 0 Å². The number of rotatable bonds is 2. The first-order chi connectivity index (χ1) is 8.42. The van der Waals surface area contributed by atoms with Gasteiger partial charge in [0.15, 0.2) is 0 Å². The quantitative estimate of drug-likeness (QED) is 0.576. The summed E-state index contributed by atoms with van der Waals surface area (Å²) in [4.78, 5) is 0. The number of hydrogen-bond acceptors (Lipinski definition) is 4. The zero-order valence-electron chi connectivity index (χ0n) is 9.88. The van der Waals surface area contributed by atoms with E-state index in [1.54, 1.807) is 24.3 Å². The highest BCUT2D eigenvalue weighted by molar-refractivity contribution is 5.37. The van der Waals surface area contributed by atoms with Crippen LogP contribution in [-0.2, 0) is 0 Å². The molecule has 1 aliphatic rings. The van der Waals surface area contributed by atoms with Gasteiger partial charge in [-0.1, -0.05) is 30.3 Å². The van der Waals surface area contributed by atoms with Crippen molar-refractivity contribution in [2.24, 2.45) is 28.9 Å². The van der Waals surface area contributed by atoms with Gasteiger partial charge in [-0.2, -0.15) is 0 Å². The molecule has 5 heteroatoms. The van der Waals surface area contributed by atoms with Crippen LogP contribution in [0, 0.1) is 5.92 Å². The van der Waals surface area contributed by atoms with Gasteiger partial charge in [0, 0.05) is 5.92 Å². The maximum Gasteiger partial charge on any atom is 0.135 e. The first kappa shape index (κ1) is 12.6. The first-order valence-corrected chi connectivity index (χ1v) is 5.64. The Kier molecular flexibility index (Phi) is 3.11. The van der Waals surface area contributed by atoms with Crippen LogP contribution in [0.15, 0.2) is 53.9 Å². The second-order valence-corrected chi connectivity index (χ2v) is 4.56. The fraction of sp³-hybridized carbons (Fsp3) is 0.231. The van der Waals surface area contributed by atoms with E-state index in [2.05, 4.69) is 0 Å². The second-order valence-electron chi connectivity index (χ2n) is 4.56. The van der Waals surface area contributed by atoms with Crippen molar-refractivity contribution in [3.05, 3.63) is 59.4 Å². The molecule has 18 heavy (non-hydrogen) atoms. The van der Waals surface area contributed by atoms with E-state index in [0.717, 1.165) is 0 Å². The smallest absolute Gasteiger partial charge is 0.135 e. The first-order valence-electron chi connectivity index (χ1n) is 5.64. The van der Waals surface area contributed by atoms with Crippen LogP contribution in [0.1, 0.15) is 11.7 Å². The SMILES string of the molecule is NC1=CC(C(F)c2ccccc2)C(N)(N)C=C1N. The normalized spacial score (nSPS) is 24.1. The summed E-state index contributed by atoms with van der Waals surface area (Å²) in [5.74, 6) is -0.743. The Balaban J connectivity index is 2.34. The van der Waals surface area contributed by atoms with E-state index >= 15 is 0 Å². The van der Waals surface area contributed by atoms with Crippen molar-refractivity contribution in [1.82, 2.24) is 0 Å². The van der Waals surface area contributed by atoms with Gasteiger partial charge in [-0.05, 0) is 17.7 Å². The Morgan fingerprint density at radius 2 is 1.67 bits per heavy atom. The molecule has 0 amide bonds. The fourth-order valence-electron chi connectivity index (χ4n) is 2.07. The van der Waals surface area contributed by atoms with Crippen molar-refractivity contribution in [2.75, 3.05) is 0 Å². The molecule has 0 saturated carbocycles. The maximum atomic E-state index is 14.5. The van der Waals surface area contributed by atoms with Crippen molar-refractivity contribution >= 4 is 0 Å². The summed E-state index contributed by atoms with van der Waals surface area (Å²) >= 11 is 0. The Labute approximate surface area is 105 Å². The summed E-state index contributed by atoms with van der Waals surface area (Å²) in [6.45, 7) is 0. The largest absolute Gasteiger partial charge is 0.397 e. The van der Waals surface area contributed by atoms with Crippen LogP contribution < -0.4 is 22.9 Å². The minimum atomic E-state index is -1.35. The Morgan fingerprint density at radius 3 is 2.28 bits per heavy atom. The van der Waals surface area contributed by atoms with Gasteiger partial charge in [0.05, 0.1) is 17.1 Å². The van der Waals surface area contributed by atoms with E-state index in [9.17, 15) is 4.39 Å². The van der Waals surface area contributed by atoms with Crippen molar-refractivity contribution in [3.8, 4) is 0 Å². The lowest BCUT2D eigenvalue weighted by Gasteiger charge is -2.35. The molecule has 1 aliphatic carbocycles. The van der Waals surface area contributed by atoms with Crippen LogP contribution >= 0.6 is 0 Å². The molecule has 0 bridgehead atoms. The molecule has 8 N–H and O–H groups in total. The molecule has 2 unspecified atom stereocenters. The number of halogens is 1. The summed E-state index contributed by atoms with van der Waals surface area (Å²) in [7, 11) is 0. The minimum Gasteiger partial charge on any atom is -0.397 e. The number of nitrogens with two attached hydrogens (primary N) is 4. The van der Waals surface area contributed by atoms with E-state index in [1.807, 2.05) is 6.07 Å². The van der Waals surface area contributed by atoms with Crippen molar-refractivity contribution < 1.29 is 4.39 Å². The van der Waals surface area contributed by atoms with Gasteiger partial charge in [-0.3, -0.25) is 0 Å². The van der Waals surface area contributed by atoms with E-state index < -0.39 is 17.8 Å². The summed E-state index contributed by atoms with van der Waals surface area (Å²) in [5.41, 5.74) is 22.9. The average Bonchev–Trinajstić information content (AvgIpc) is 2.33. The molecule has 0 saturated heterocycles. The van der Waals surface area contributed by atoms with Crippen LogP contribution in [0.5, 0.6) is 0 Å². The summed E-state index contributed by atoms with van der Waals surface area (Å²) in [5, 5.41) is 0. The van der Waals surface area contributed by atoms with Gasteiger partial charge in [0.2, 0.25) is 0 Å². The average molecular weight is 248 g/mol. The molecular weight excluding hydrogens is 231 g/mol. The van der Waals surface area contributed by atoms with Gasteiger partial charge in [0.25, 0.3) is 0 Å². The molecule has 2 rings (SSSR count). The molecule has 0 aliphatic heterocycles. The van der Waals surface area contributed by atoms with Crippen LogP contribution in [0.4, 0.5) is 4.39 Å². The lowest BCUT2D eigenvalue weighted by molar-refractivity contribution is 0.205. The molecule has 0 heterocycles. The van der Waals surface area contributed by atoms with E-state index in [0.29, 0.717) is 11.3 Å². The van der Waals surface area contributed by atoms with Crippen LogP contribution in [0.3, 0.4) is 0 Å². The minimum absolute atomic E-state index is 0.288. The number of hydrogen-bond donors (Lipinski definition) is 4. The summed E-state index contributed by atoms with van der Waals surface area (Å²) in [6, 6.07) is 8.71. The van der Waals surface area contributed by atoms with E-state index in [1.165, 1.54) is 12.2 Å². The standard InChI is InChI=1S/C13H17FN4/c14-12(8-4-2-1-3-5-8)9-6-10(15)11(16)7-13(9,17)18/h1-7,9,12H,15-18H2. The topological polar surface area (TPSA) is 104 Å².